The smallest absolute Gasteiger partial charge is 0.0972 e. The fourth-order valence-corrected chi connectivity index (χ4v) is 7.36. The highest BCUT2D eigenvalue weighted by Gasteiger charge is 2.24. The van der Waals surface area contributed by atoms with Crippen LogP contribution in [0.2, 0.25) is 0 Å². The third kappa shape index (κ3) is 4.80. The molecule has 3 atom stereocenters. The van der Waals surface area contributed by atoms with Gasteiger partial charge in [-0.2, -0.15) is 0 Å². The van der Waals surface area contributed by atoms with Crippen LogP contribution in [-0.4, -0.2) is 22.0 Å². The minimum atomic E-state index is 0.151. The predicted octanol–water partition coefficient (Wildman–Crippen LogP) is 10.7. The highest BCUT2D eigenvalue weighted by molar-refractivity contribution is 6.03. The summed E-state index contributed by atoms with van der Waals surface area (Å²) in [4.78, 5) is 18.1. The Kier molecular flexibility index (Phi) is 6.75. The maximum absolute atomic E-state index is 5.31. The molecule has 1 aliphatic heterocycles. The van der Waals surface area contributed by atoms with Crippen molar-refractivity contribution in [2.24, 2.45) is 5.92 Å². The van der Waals surface area contributed by atoms with Gasteiger partial charge in [-0.05, 0) is 41.3 Å². The zero-order valence-corrected chi connectivity index (χ0v) is 27.0. The molecule has 4 nitrogen and oxygen atoms in total. The van der Waals surface area contributed by atoms with Gasteiger partial charge in [0, 0.05) is 45.9 Å². The Morgan fingerprint density at radius 3 is 1.94 bits per heavy atom. The van der Waals surface area contributed by atoms with Gasteiger partial charge in [0.05, 0.1) is 39.7 Å². The van der Waals surface area contributed by atoms with E-state index in [9.17, 15) is 0 Å². The van der Waals surface area contributed by atoms with Crippen LogP contribution in [0.25, 0.3) is 61.3 Å². The van der Waals surface area contributed by atoms with Crippen molar-refractivity contribution in [2.45, 2.75) is 18.9 Å². The van der Waals surface area contributed by atoms with Crippen molar-refractivity contribution >= 4 is 44.5 Å². The van der Waals surface area contributed by atoms with Crippen LogP contribution in [-0.2, 0) is 0 Å². The first-order valence-corrected chi connectivity index (χ1v) is 16.7. The van der Waals surface area contributed by atoms with E-state index in [1.165, 1.54) is 11.1 Å². The number of aromatic nitrogens is 3. The standard InChI is InChI=1S/C44H34N4/c1-28-9-6-7-14-36(28)39-25-21-31-16-15-30-19-23-37(45-41(30)42(31)47-39)34-12-8-13-35(27-34)38-24-20-32-17-18-33-22-26-40(29-10-4-3-5-11-29)48(2)44(33)43(32)46-38/h3-28,36,40H,1-2H3. The first kappa shape index (κ1) is 28.4. The van der Waals surface area contributed by atoms with Gasteiger partial charge in [0.25, 0.3) is 0 Å². The highest BCUT2D eigenvalue weighted by atomic mass is 15.1. The van der Waals surface area contributed by atoms with Gasteiger partial charge < -0.3 is 4.90 Å². The van der Waals surface area contributed by atoms with Gasteiger partial charge in [0.15, 0.2) is 0 Å². The normalized spacial score (nSPS) is 18.5. The summed E-state index contributed by atoms with van der Waals surface area (Å²) in [6.07, 6.45) is 13.3. The van der Waals surface area contributed by atoms with Gasteiger partial charge in [-0.3, -0.25) is 0 Å². The number of allylic oxidation sites excluding steroid dienone is 4. The summed E-state index contributed by atoms with van der Waals surface area (Å²) in [5, 5.41) is 3.32. The molecule has 0 bridgehead atoms. The third-order valence-corrected chi connectivity index (χ3v) is 9.98. The van der Waals surface area contributed by atoms with E-state index < -0.39 is 0 Å². The van der Waals surface area contributed by atoms with Crippen molar-refractivity contribution in [3.8, 4) is 22.5 Å². The van der Waals surface area contributed by atoms with E-state index in [-0.39, 0.29) is 12.0 Å². The van der Waals surface area contributed by atoms with Crippen molar-refractivity contribution in [1.82, 2.24) is 15.0 Å². The molecule has 0 radical (unpaired) electrons. The second-order valence-corrected chi connectivity index (χ2v) is 13.0. The summed E-state index contributed by atoms with van der Waals surface area (Å²) >= 11 is 0. The highest BCUT2D eigenvalue weighted by Crippen LogP contribution is 2.40. The summed E-state index contributed by atoms with van der Waals surface area (Å²) in [6, 6.07) is 41.0. The molecule has 0 N–H and O–H groups in total. The average molecular weight is 619 g/mol. The van der Waals surface area contributed by atoms with Crippen LogP contribution in [0, 0.1) is 5.92 Å². The second-order valence-electron chi connectivity index (χ2n) is 13.0. The Bertz CT molecular complexity index is 2460. The molecule has 7 aromatic rings. The summed E-state index contributed by atoms with van der Waals surface area (Å²) < 4.78 is 0. The molecule has 0 spiro atoms. The van der Waals surface area contributed by atoms with Gasteiger partial charge >= 0.3 is 0 Å². The Labute approximate surface area is 280 Å². The molecule has 2 aliphatic rings. The van der Waals surface area contributed by atoms with E-state index in [1.54, 1.807) is 0 Å². The number of fused-ring (bicyclic) bond motifs is 6. The van der Waals surface area contributed by atoms with Gasteiger partial charge in [-0.1, -0.05) is 134 Å². The van der Waals surface area contributed by atoms with Crippen LogP contribution in [0.4, 0.5) is 5.69 Å². The number of likely N-dealkylation sites (N-methyl/N-ethyl adjacent to an activating group) is 1. The minimum absolute atomic E-state index is 0.151. The SMILES string of the molecule is CC1C=CC=CC1c1ccc2ccc3ccc(-c4cccc(-c5ccc6ccc7c(c6n5)N(C)C(c5ccccc5)C=C7)c4)nc3c2n1. The third-order valence-electron chi connectivity index (χ3n) is 9.98. The monoisotopic (exact) mass is 618 g/mol. The van der Waals surface area contributed by atoms with Crippen molar-refractivity contribution in [3.63, 3.8) is 0 Å². The first-order chi connectivity index (χ1) is 23.6. The van der Waals surface area contributed by atoms with E-state index in [0.717, 1.165) is 66.6 Å². The molecule has 48 heavy (non-hydrogen) atoms. The Balaban J connectivity index is 1.11. The molecule has 4 heteroatoms. The summed E-state index contributed by atoms with van der Waals surface area (Å²) in [5.41, 5.74) is 11.6. The van der Waals surface area contributed by atoms with E-state index >= 15 is 0 Å². The van der Waals surface area contributed by atoms with Crippen LogP contribution in [0.5, 0.6) is 0 Å². The van der Waals surface area contributed by atoms with Crippen LogP contribution in [0.3, 0.4) is 0 Å². The Morgan fingerprint density at radius 2 is 1.19 bits per heavy atom. The molecule has 0 amide bonds. The molecule has 0 saturated heterocycles. The van der Waals surface area contributed by atoms with E-state index in [1.807, 2.05) is 0 Å². The van der Waals surface area contributed by atoms with Crippen molar-refractivity contribution in [1.29, 1.82) is 0 Å². The van der Waals surface area contributed by atoms with Crippen molar-refractivity contribution in [3.05, 3.63) is 162 Å². The van der Waals surface area contributed by atoms with E-state index in [4.69, 9.17) is 15.0 Å². The van der Waals surface area contributed by atoms with E-state index in [0.29, 0.717) is 5.92 Å². The van der Waals surface area contributed by atoms with Crippen LogP contribution < -0.4 is 4.90 Å². The average Bonchev–Trinajstić information content (AvgIpc) is 3.14. The fourth-order valence-electron chi connectivity index (χ4n) is 7.36. The first-order valence-electron chi connectivity index (χ1n) is 16.7. The lowest BCUT2D eigenvalue weighted by molar-refractivity contribution is 0.622. The Hall–Kier alpha value is -5.87. The molecule has 0 fully saturated rings. The minimum Gasteiger partial charge on any atom is -0.362 e. The molecule has 1 aliphatic carbocycles. The molecule has 0 saturated carbocycles. The lowest BCUT2D eigenvalue weighted by Gasteiger charge is -2.33. The van der Waals surface area contributed by atoms with E-state index in [2.05, 4.69) is 171 Å². The number of hydrogen-bond donors (Lipinski definition) is 0. The summed E-state index contributed by atoms with van der Waals surface area (Å²) in [7, 11) is 2.17. The van der Waals surface area contributed by atoms with Crippen molar-refractivity contribution in [2.75, 3.05) is 11.9 Å². The zero-order chi connectivity index (χ0) is 32.2. The summed E-state index contributed by atoms with van der Waals surface area (Å²) in [5.74, 6) is 0.659. The van der Waals surface area contributed by atoms with Crippen LogP contribution in [0.15, 0.2) is 146 Å². The quantitative estimate of drug-likeness (QED) is 0.184. The predicted molar refractivity (Wildman–Crippen MR) is 200 cm³/mol. The number of hydrogen-bond acceptors (Lipinski definition) is 4. The molecule has 4 aromatic carbocycles. The topological polar surface area (TPSA) is 41.9 Å². The molecule has 3 unspecified atom stereocenters. The maximum Gasteiger partial charge on any atom is 0.0972 e. The lowest BCUT2D eigenvalue weighted by atomic mass is 9.87. The number of pyridine rings is 3. The van der Waals surface area contributed by atoms with Gasteiger partial charge in [0.2, 0.25) is 0 Å². The maximum atomic E-state index is 5.31. The molecule has 230 valence electrons. The van der Waals surface area contributed by atoms with Crippen LogP contribution in [0.1, 0.15) is 35.7 Å². The molecule has 4 heterocycles. The Morgan fingerprint density at radius 1 is 0.562 bits per heavy atom. The molecular weight excluding hydrogens is 585 g/mol. The number of rotatable bonds is 4. The van der Waals surface area contributed by atoms with Gasteiger partial charge in [0.1, 0.15) is 0 Å². The largest absolute Gasteiger partial charge is 0.362 e. The summed E-state index contributed by atoms with van der Waals surface area (Å²) in [6.45, 7) is 2.25. The van der Waals surface area contributed by atoms with Crippen LogP contribution >= 0.6 is 0 Å². The number of benzene rings is 4. The number of nitrogens with zero attached hydrogens (tertiary/aromatic N) is 4. The zero-order valence-electron chi connectivity index (χ0n) is 27.0. The number of anilines is 1. The van der Waals surface area contributed by atoms with Gasteiger partial charge in [-0.15, -0.1) is 0 Å². The fraction of sp³-hybridized carbons (Fsp3) is 0.114. The molecule has 9 rings (SSSR count). The van der Waals surface area contributed by atoms with Gasteiger partial charge in [-0.25, -0.2) is 15.0 Å². The molecular formula is C44H34N4. The molecule has 3 aromatic heterocycles. The second kappa shape index (κ2) is 11.4. The lowest BCUT2D eigenvalue weighted by Crippen LogP contribution is -2.25. The van der Waals surface area contributed by atoms with Crippen molar-refractivity contribution < 1.29 is 0 Å².